The zero-order valence-electron chi connectivity index (χ0n) is 34.8. The van der Waals surface area contributed by atoms with Crippen LogP contribution in [0, 0.1) is 0 Å². The van der Waals surface area contributed by atoms with Gasteiger partial charge in [0.25, 0.3) is 0 Å². The second-order valence-corrected chi connectivity index (χ2v) is 16.4. The number of para-hydroxylation sites is 2. The van der Waals surface area contributed by atoms with Crippen LogP contribution >= 0.6 is 0 Å². The molecule has 0 unspecified atom stereocenters. The van der Waals surface area contributed by atoms with Crippen LogP contribution in [0.3, 0.4) is 0 Å². The summed E-state index contributed by atoms with van der Waals surface area (Å²) in [6.07, 6.45) is 6.10. The van der Waals surface area contributed by atoms with Crippen molar-refractivity contribution in [3.63, 3.8) is 0 Å². The van der Waals surface area contributed by atoms with Gasteiger partial charge in [0.1, 0.15) is 11.2 Å². The van der Waals surface area contributed by atoms with Gasteiger partial charge in [0.15, 0.2) is 11.6 Å². The van der Waals surface area contributed by atoms with Crippen LogP contribution in [-0.4, -0.2) is 24.1 Å². The molecular weight excluding hydrogens is 783 g/mol. The Kier molecular flexibility index (Phi) is 7.87. The van der Waals surface area contributed by atoms with Gasteiger partial charge in [-0.2, -0.15) is 9.97 Å². The van der Waals surface area contributed by atoms with Gasteiger partial charge in [-0.1, -0.05) is 146 Å². The molecule has 0 spiro atoms. The highest BCUT2D eigenvalue weighted by molar-refractivity contribution is 6.21. The third kappa shape index (κ3) is 5.29. The number of hydrogen-bond acceptors (Lipinski definition) is 4. The van der Waals surface area contributed by atoms with Gasteiger partial charge in [0.05, 0.1) is 33.5 Å². The van der Waals surface area contributed by atoms with E-state index in [1.807, 2.05) is 13.0 Å². The van der Waals surface area contributed by atoms with Crippen molar-refractivity contribution in [3.05, 3.63) is 200 Å². The molecule has 0 bridgehead atoms. The van der Waals surface area contributed by atoms with E-state index in [1.165, 1.54) is 10.8 Å². The molecule has 0 fully saturated rings. The molecule has 0 saturated carbocycles. The molecular formula is C58H37N5O. The molecule has 4 aromatic heterocycles. The number of nitrogens with zero attached hydrogens (tertiary/aromatic N) is 5. The summed E-state index contributed by atoms with van der Waals surface area (Å²) in [6, 6.07) is 62.1. The van der Waals surface area contributed by atoms with Crippen molar-refractivity contribution in [2.24, 2.45) is 0 Å². The van der Waals surface area contributed by atoms with Crippen molar-refractivity contribution in [2.75, 3.05) is 0 Å². The Balaban J connectivity index is 1.21. The zero-order chi connectivity index (χ0) is 42.5. The van der Waals surface area contributed by atoms with Gasteiger partial charge in [-0.15, -0.1) is 0 Å². The molecule has 13 rings (SSSR count). The smallest absolute Gasteiger partial charge is 0.238 e. The van der Waals surface area contributed by atoms with Gasteiger partial charge in [-0.3, -0.25) is 4.57 Å². The molecule has 0 saturated heterocycles. The van der Waals surface area contributed by atoms with Crippen LogP contribution in [0.15, 0.2) is 193 Å². The maximum atomic E-state index is 6.93. The second-order valence-electron chi connectivity index (χ2n) is 16.4. The Morgan fingerprint density at radius 1 is 0.500 bits per heavy atom. The molecule has 4 heterocycles. The van der Waals surface area contributed by atoms with Gasteiger partial charge in [-0.05, 0) is 88.5 Å². The van der Waals surface area contributed by atoms with E-state index in [1.54, 1.807) is 0 Å². The van der Waals surface area contributed by atoms with E-state index in [0.29, 0.717) is 17.6 Å². The lowest BCUT2D eigenvalue weighted by molar-refractivity contribution is 0.672. The molecule has 0 aliphatic carbocycles. The third-order valence-corrected chi connectivity index (χ3v) is 12.8. The minimum absolute atomic E-state index is 0.490. The normalized spacial score (nSPS) is 12.1. The Hall–Kier alpha value is -8.61. The topological polar surface area (TPSA) is 61.7 Å². The molecule has 300 valence electrons. The number of hydrogen-bond donors (Lipinski definition) is 0. The van der Waals surface area contributed by atoms with Crippen LogP contribution in [0.1, 0.15) is 18.2 Å². The Labute approximate surface area is 367 Å². The number of rotatable bonds is 6. The van der Waals surface area contributed by atoms with Gasteiger partial charge < -0.3 is 8.98 Å². The van der Waals surface area contributed by atoms with Gasteiger partial charge in [0, 0.05) is 43.4 Å². The Morgan fingerprint density at radius 2 is 1.14 bits per heavy atom. The lowest BCUT2D eigenvalue weighted by Gasteiger charge is -2.17. The van der Waals surface area contributed by atoms with Crippen molar-refractivity contribution in [3.8, 4) is 34.4 Å². The fourth-order valence-corrected chi connectivity index (χ4v) is 9.99. The third-order valence-electron chi connectivity index (χ3n) is 12.8. The highest BCUT2D eigenvalue weighted by Crippen LogP contribution is 2.45. The SMILES string of the molecule is C=Cc1c(/C=C\C)c2ccccc2n1-c1nc(-c2ccc3ccccc3c2)nc(-c2c(-n3c4ccccc4c4cc5ccccc5cc43)ccc3oc4c5ccccc5ccc4c23)n1. The minimum atomic E-state index is 0.490. The minimum Gasteiger partial charge on any atom is -0.455 e. The lowest BCUT2D eigenvalue weighted by Crippen LogP contribution is -2.09. The highest BCUT2D eigenvalue weighted by Gasteiger charge is 2.26. The standard InChI is InChI=1S/C58H37N5O/c1-3-15-42-43-22-11-14-25-49(43)63(47(42)4-2)58-60-56(40-27-26-35-16-5-6-18-37(35)32-40)59-57(61-58)54-50(30-31-52-53(54)45-29-28-36-17-9-10-21-41(36)55(45)64-52)62-48-24-13-12-23-44(48)46-33-38-19-7-8-20-39(38)34-51(46)62/h3-34H,2H2,1H3/b15-3-. The van der Waals surface area contributed by atoms with Crippen molar-refractivity contribution in [2.45, 2.75) is 6.92 Å². The average Bonchev–Trinajstić information content (AvgIpc) is 4.00. The predicted octanol–water partition coefficient (Wildman–Crippen LogP) is 15.3. The fraction of sp³-hybridized carbons (Fsp3) is 0.0172. The van der Waals surface area contributed by atoms with Crippen LogP contribution in [0.25, 0.3) is 134 Å². The summed E-state index contributed by atoms with van der Waals surface area (Å²) < 4.78 is 11.4. The van der Waals surface area contributed by atoms with Crippen LogP contribution in [0.5, 0.6) is 0 Å². The summed E-state index contributed by atoms with van der Waals surface area (Å²) in [5.74, 6) is 1.57. The molecule has 0 amide bonds. The summed E-state index contributed by atoms with van der Waals surface area (Å²) in [4.78, 5) is 16.5. The first-order valence-corrected chi connectivity index (χ1v) is 21.6. The molecule has 6 nitrogen and oxygen atoms in total. The van der Waals surface area contributed by atoms with Crippen molar-refractivity contribution < 1.29 is 4.42 Å². The molecule has 0 aliphatic rings. The first-order chi connectivity index (χ1) is 31.6. The van der Waals surface area contributed by atoms with Crippen LogP contribution in [0.2, 0.25) is 0 Å². The summed E-state index contributed by atoms with van der Waals surface area (Å²) in [5, 5.41) is 12.1. The Bertz CT molecular complexity index is 4130. The molecule has 0 radical (unpaired) electrons. The number of aromatic nitrogens is 5. The monoisotopic (exact) mass is 819 g/mol. The zero-order valence-corrected chi connectivity index (χ0v) is 34.8. The van der Waals surface area contributed by atoms with E-state index in [-0.39, 0.29) is 0 Å². The molecule has 64 heavy (non-hydrogen) atoms. The van der Waals surface area contributed by atoms with Crippen molar-refractivity contribution >= 4 is 99.1 Å². The van der Waals surface area contributed by atoms with Crippen molar-refractivity contribution in [1.29, 1.82) is 0 Å². The quantitative estimate of drug-likeness (QED) is 0.168. The molecule has 9 aromatic carbocycles. The first-order valence-electron chi connectivity index (χ1n) is 21.6. The molecule has 0 aliphatic heterocycles. The van der Waals surface area contributed by atoms with E-state index in [9.17, 15) is 0 Å². The number of fused-ring (bicyclic) bond motifs is 11. The van der Waals surface area contributed by atoms with Crippen LogP contribution in [-0.2, 0) is 0 Å². The Morgan fingerprint density at radius 3 is 1.92 bits per heavy atom. The van der Waals surface area contributed by atoms with Gasteiger partial charge >= 0.3 is 0 Å². The van der Waals surface area contributed by atoms with Crippen LogP contribution < -0.4 is 0 Å². The van der Waals surface area contributed by atoms with E-state index in [0.717, 1.165) is 104 Å². The predicted molar refractivity (Wildman–Crippen MR) is 266 cm³/mol. The number of benzene rings is 9. The largest absolute Gasteiger partial charge is 0.455 e. The molecule has 6 heteroatoms. The highest BCUT2D eigenvalue weighted by atomic mass is 16.3. The second kappa shape index (κ2) is 14.0. The fourth-order valence-electron chi connectivity index (χ4n) is 9.99. The average molecular weight is 820 g/mol. The van der Waals surface area contributed by atoms with E-state index >= 15 is 0 Å². The van der Waals surface area contributed by atoms with Crippen LogP contribution in [0.4, 0.5) is 0 Å². The lowest BCUT2D eigenvalue weighted by atomic mass is 10.0. The van der Waals surface area contributed by atoms with E-state index in [2.05, 4.69) is 204 Å². The maximum Gasteiger partial charge on any atom is 0.238 e. The molecule has 0 atom stereocenters. The van der Waals surface area contributed by atoms with E-state index < -0.39 is 0 Å². The first kappa shape index (κ1) is 36.1. The molecule has 0 N–H and O–H groups in total. The maximum absolute atomic E-state index is 6.93. The van der Waals surface area contributed by atoms with E-state index in [4.69, 9.17) is 19.4 Å². The van der Waals surface area contributed by atoms with Gasteiger partial charge in [0.2, 0.25) is 5.95 Å². The van der Waals surface area contributed by atoms with Gasteiger partial charge in [-0.25, -0.2) is 4.98 Å². The number of furan rings is 1. The summed E-state index contributed by atoms with van der Waals surface area (Å²) in [6.45, 7) is 6.37. The van der Waals surface area contributed by atoms with Crippen molar-refractivity contribution in [1.82, 2.24) is 24.1 Å². The summed E-state index contributed by atoms with van der Waals surface area (Å²) in [5.41, 5.74) is 9.32. The summed E-state index contributed by atoms with van der Waals surface area (Å²) >= 11 is 0. The molecule has 13 aromatic rings. The number of allylic oxidation sites excluding steroid dienone is 1. The summed E-state index contributed by atoms with van der Waals surface area (Å²) in [7, 11) is 0.